The summed E-state index contributed by atoms with van der Waals surface area (Å²) in [6.07, 6.45) is 3.54. The van der Waals surface area contributed by atoms with Crippen LogP contribution in [0.4, 0.5) is 0 Å². The normalized spacial score (nSPS) is 16.1. The zero-order valence-corrected chi connectivity index (χ0v) is 20.6. The first kappa shape index (κ1) is 25.6. The lowest BCUT2D eigenvalue weighted by Gasteiger charge is -2.33. The number of aromatic amines is 1. The molecule has 0 spiro atoms. The fourth-order valence-corrected chi connectivity index (χ4v) is 4.93. The van der Waals surface area contributed by atoms with Crippen LogP contribution in [0.15, 0.2) is 59.7 Å². The summed E-state index contributed by atoms with van der Waals surface area (Å²) in [6.45, 7) is 1.58. The Morgan fingerprint density at radius 2 is 1.64 bits per heavy atom. The fraction of sp³-hybridized carbons (Fsp3) is 0.308. The molecule has 0 bridgehead atoms. The van der Waals surface area contributed by atoms with Gasteiger partial charge in [0, 0.05) is 17.5 Å². The minimum absolute atomic E-state index is 0.0113. The van der Waals surface area contributed by atoms with E-state index in [0.29, 0.717) is 18.4 Å². The number of benzene rings is 2. The topological polar surface area (TPSA) is 144 Å². The number of hydrogen-bond donors (Lipinski definition) is 5. The largest absolute Gasteiger partial charge is 0.502 e. The second-order valence-corrected chi connectivity index (χ2v) is 10.7. The highest BCUT2D eigenvalue weighted by Crippen LogP contribution is 2.30. The van der Waals surface area contributed by atoms with Gasteiger partial charge in [-0.2, -0.15) is 0 Å². The van der Waals surface area contributed by atoms with E-state index < -0.39 is 33.0 Å². The summed E-state index contributed by atoms with van der Waals surface area (Å²) in [5, 5.41) is 24.1. The summed E-state index contributed by atoms with van der Waals surface area (Å²) < 4.78 is 26.4. The summed E-state index contributed by atoms with van der Waals surface area (Å²) >= 11 is 0. The van der Waals surface area contributed by atoms with Gasteiger partial charge in [-0.3, -0.25) is 4.79 Å². The van der Waals surface area contributed by atoms with Crippen molar-refractivity contribution in [2.75, 3.05) is 19.3 Å². The van der Waals surface area contributed by atoms with Gasteiger partial charge in [-0.25, -0.2) is 18.1 Å². The van der Waals surface area contributed by atoms with E-state index in [-0.39, 0.29) is 12.1 Å². The van der Waals surface area contributed by atoms with Crippen molar-refractivity contribution in [1.29, 1.82) is 0 Å². The third kappa shape index (κ3) is 6.38. The number of aromatic nitrogens is 2. The Morgan fingerprint density at radius 1 is 1.06 bits per heavy atom. The molecule has 0 radical (unpaired) electrons. The zero-order valence-electron chi connectivity index (χ0n) is 19.8. The molecule has 9 nitrogen and oxygen atoms in total. The highest BCUT2D eigenvalue weighted by molar-refractivity contribution is 7.88. The Bertz CT molecular complexity index is 1430. The van der Waals surface area contributed by atoms with Gasteiger partial charge in [0.2, 0.25) is 15.8 Å². The molecule has 3 aromatic rings. The molecule has 188 valence electrons. The van der Waals surface area contributed by atoms with Crippen LogP contribution in [0, 0.1) is 11.8 Å². The smallest absolute Gasteiger partial charge is 0.293 e. The lowest BCUT2D eigenvalue weighted by molar-refractivity contribution is 0.00594. The van der Waals surface area contributed by atoms with E-state index >= 15 is 0 Å². The molecule has 0 aliphatic carbocycles. The van der Waals surface area contributed by atoms with E-state index in [0.717, 1.165) is 42.4 Å². The van der Waals surface area contributed by atoms with Crippen LogP contribution in [0.1, 0.15) is 46.8 Å². The lowest BCUT2D eigenvalue weighted by Crippen LogP contribution is -2.39. The monoisotopic (exact) mass is 508 g/mol. The molecule has 1 aliphatic rings. The van der Waals surface area contributed by atoms with Crippen LogP contribution in [0.5, 0.6) is 5.75 Å². The molecule has 1 saturated heterocycles. The van der Waals surface area contributed by atoms with Crippen molar-refractivity contribution in [2.45, 2.75) is 30.9 Å². The summed E-state index contributed by atoms with van der Waals surface area (Å²) in [4.78, 5) is 17.9. The number of rotatable bonds is 6. The quantitative estimate of drug-likeness (QED) is 0.316. The Kier molecular flexibility index (Phi) is 7.56. The minimum atomic E-state index is -3.58. The number of piperidine rings is 1. The first-order valence-electron chi connectivity index (χ1n) is 11.5. The SMILES string of the molecule is CS(=O)(=O)NC(Cc1nc[nH]c(=O)c1O)c1ccc(C#Cc2ccc(C3(O)CCNCC3)cc2)cc1. The third-order valence-corrected chi connectivity index (χ3v) is 6.89. The number of H-pyrrole nitrogens is 1. The van der Waals surface area contributed by atoms with Crippen molar-refractivity contribution in [3.63, 3.8) is 0 Å². The van der Waals surface area contributed by atoms with Gasteiger partial charge in [-0.15, -0.1) is 0 Å². The maximum absolute atomic E-state index is 11.9. The second kappa shape index (κ2) is 10.6. The standard InChI is InChI=1S/C26H28N4O5S/c1-36(34,35)30-22(16-23-24(31)25(32)29-17-28-23)20-8-4-18(5-9-20)2-3-19-6-10-21(11-7-19)26(33)12-14-27-15-13-26/h4-11,17,22,27,30-31,33H,12-16H2,1H3,(H,28,29,32). The predicted octanol–water partition coefficient (Wildman–Crippen LogP) is 1.28. The third-order valence-electron chi connectivity index (χ3n) is 6.18. The first-order chi connectivity index (χ1) is 17.1. The fourth-order valence-electron chi connectivity index (χ4n) is 4.19. The van der Waals surface area contributed by atoms with Crippen molar-refractivity contribution in [3.8, 4) is 17.6 Å². The van der Waals surface area contributed by atoms with Gasteiger partial charge in [-0.1, -0.05) is 36.1 Å². The molecule has 10 heteroatoms. The molecule has 2 heterocycles. The van der Waals surface area contributed by atoms with E-state index in [2.05, 4.69) is 31.8 Å². The predicted molar refractivity (Wildman–Crippen MR) is 136 cm³/mol. The van der Waals surface area contributed by atoms with Gasteiger partial charge < -0.3 is 20.5 Å². The van der Waals surface area contributed by atoms with Gasteiger partial charge in [0.1, 0.15) is 0 Å². The Balaban J connectivity index is 1.51. The first-order valence-corrected chi connectivity index (χ1v) is 13.4. The Morgan fingerprint density at radius 3 is 2.22 bits per heavy atom. The molecule has 5 N–H and O–H groups in total. The summed E-state index contributed by atoms with van der Waals surface area (Å²) in [5.41, 5.74) is 1.66. The van der Waals surface area contributed by atoms with Gasteiger partial charge in [0.05, 0.1) is 29.9 Å². The number of nitrogens with one attached hydrogen (secondary N) is 3. The maximum Gasteiger partial charge on any atom is 0.293 e. The van der Waals surface area contributed by atoms with Crippen molar-refractivity contribution in [2.24, 2.45) is 0 Å². The Labute approximate surface area is 209 Å². The molecule has 1 atom stereocenters. The van der Waals surface area contributed by atoms with Crippen molar-refractivity contribution >= 4 is 10.0 Å². The molecule has 1 fully saturated rings. The molecule has 1 unspecified atom stereocenters. The van der Waals surface area contributed by atoms with Crippen molar-refractivity contribution in [3.05, 3.63) is 93.2 Å². The van der Waals surface area contributed by atoms with Gasteiger partial charge >= 0.3 is 0 Å². The molecular formula is C26H28N4O5S. The van der Waals surface area contributed by atoms with Crippen LogP contribution in [-0.2, 0) is 22.0 Å². The van der Waals surface area contributed by atoms with Gasteiger partial charge in [0.15, 0.2) is 0 Å². The summed E-state index contributed by atoms with van der Waals surface area (Å²) in [5.74, 6) is 5.66. The number of aromatic hydroxyl groups is 1. The van der Waals surface area contributed by atoms with Crippen molar-refractivity contribution in [1.82, 2.24) is 20.0 Å². The molecule has 1 aliphatic heterocycles. The molecular weight excluding hydrogens is 480 g/mol. The molecule has 36 heavy (non-hydrogen) atoms. The highest BCUT2D eigenvalue weighted by atomic mass is 32.2. The van der Waals surface area contributed by atoms with Gasteiger partial charge in [-0.05, 0) is 61.3 Å². The summed E-state index contributed by atoms with van der Waals surface area (Å²) in [7, 11) is -3.58. The number of nitrogens with zero attached hydrogens (tertiary/aromatic N) is 1. The minimum Gasteiger partial charge on any atom is -0.502 e. The molecule has 4 rings (SSSR count). The molecule has 2 aromatic carbocycles. The van der Waals surface area contributed by atoms with E-state index in [4.69, 9.17) is 0 Å². The van der Waals surface area contributed by atoms with E-state index in [1.54, 1.807) is 24.3 Å². The summed E-state index contributed by atoms with van der Waals surface area (Å²) in [6, 6.07) is 13.9. The van der Waals surface area contributed by atoms with Crippen LogP contribution >= 0.6 is 0 Å². The maximum atomic E-state index is 11.9. The van der Waals surface area contributed by atoms with Crippen LogP contribution in [0.3, 0.4) is 0 Å². The van der Waals surface area contributed by atoms with Crippen LogP contribution in [0.25, 0.3) is 0 Å². The number of sulfonamides is 1. The molecule has 0 amide bonds. The van der Waals surface area contributed by atoms with E-state index in [1.165, 1.54) is 0 Å². The Hall–Kier alpha value is -3.49. The average molecular weight is 509 g/mol. The second-order valence-electron chi connectivity index (χ2n) is 8.90. The van der Waals surface area contributed by atoms with E-state index in [1.807, 2.05) is 24.3 Å². The number of aliphatic hydroxyl groups is 1. The van der Waals surface area contributed by atoms with Crippen LogP contribution in [-0.4, -0.2) is 47.9 Å². The zero-order chi connectivity index (χ0) is 25.8. The van der Waals surface area contributed by atoms with E-state index in [9.17, 15) is 23.4 Å². The van der Waals surface area contributed by atoms with Gasteiger partial charge in [0.25, 0.3) is 5.56 Å². The van der Waals surface area contributed by atoms with Crippen LogP contribution in [0.2, 0.25) is 0 Å². The highest BCUT2D eigenvalue weighted by Gasteiger charge is 2.30. The van der Waals surface area contributed by atoms with Crippen molar-refractivity contribution < 1.29 is 18.6 Å². The molecule has 1 aromatic heterocycles. The molecule has 0 saturated carbocycles. The lowest BCUT2D eigenvalue weighted by atomic mass is 9.85. The van der Waals surface area contributed by atoms with Crippen LogP contribution < -0.4 is 15.6 Å². The number of hydrogen-bond acceptors (Lipinski definition) is 7. The average Bonchev–Trinajstić information content (AvgIpc) is 2.85.